The molecule has 1 aliphatic carbocycles. The highest BCUT2D eigenvalue weighted by atomic mass is 35.5. The maximum absolute atomic E-state index is 13.7. The third-order valence-electron chi connectivity index (χ3n) is 5.69. The zero-order chi connectivity index (χ0) is 23.8. The molecule has 11 heteroatoms. The van der Waals surface area contributed by atoms with Gasteiger partial charge < -0.3 is 15.5 Å². The van der Waals surface area contributed by atoms with Gasteiger partial charge in [-0.05, 0) is 43.5 Å². The largest absolute Gasteiger partial charge is 0.330 e. The van der Waals surface area contributed by atoms with Gasteiger partial charge in [0.1, 0.15) is 5.82 Å². The van der Waals surface area contributed by atoms with Crippen LogP contribution in [0.25, 0.3) is 0 Å². The Bertz CT molecular complexity index is 1290. The van der Waals surface area contributed by atoms with Crippen molar-refractivity contribution in [2.24, 2.45) is 7.05 Å². The average Bonchev–Trinajstić information content (AvgIpc) is 3.61. The second-order valence-corrected chi connectivity index (χ2v) is 8.57. The van der Waals surface area contributed by atoms with Crippen LogP contribution in [0.5, 0.6) is 0 Å². The van der Waals surface area contributed by atoms with Crippen LogP contribution in [0.1, 0.15) is 18.4 Å². The summed E-state index contributed by atoms with van der Waals surface area (Å²) in [5.74, 6) is 0.446. The first-order chi connectivity index (χ1) is 16.4. The Morgan fingerprint density at radius 3 is 2.85 bits per heavy atom. The fourth-order valence-corrected chi connectivity index (χ4v) is 4.14. The molecule has 10 nitrogen and oxygen atoms in total. The number of carbonyl (C=O) groups is 2. The molecule has 1 aromatic carbocycles. The number of rotatable bonds is 6. The van der Waals surface area contributed by atoms with Gasteiger partial charge in [0.2, 0.25) is 11.9 Å². The molecule has 0 unspecified atom stereocenters. The van der Waals surface area contributed by atoms with E-state index >= 15 is 0 Å². The number of aromatic nitrogens is 4. The summed E-state index contributed by atoms with van der Waals surface area (Å²) in [7, 11) is 1.76. The quantitative estimate of drug-likeness (QED) is 0.518. The van der Waals surface area contributed by atoms with Gasteiger partial charge in [-0.2, -0.15) is 10.1 Å². The first kappa shape index (κ1) is 21.9. The van der Waals surface area contributed by atoms with Crippen molar-refractivity contribution >= 4 is 52.4 Å². The van der Waals surface area contributed by atoms with Crippen LogP contribution in [-0.4, -0.2) is 49.2 Å². The summed E-state index contributed by atoms with van der Waals surface area (Å²) in [4.78, 5) is 38.2. The highest BCUT2D eigenvalue weighted by molar-refractivity contribution is 6.32. The lowest BCUT2D eigenvalue weighted by atomic mass is 10.2. The fraction of sp³-hybridized carbons (Fsp3) is 0.261. The molecule has 3 aromatic rings. The molecule has 34 heavy (non-hydrogen) atoms. The number of halogens is 1. The minimum atomic E-state index is -0.332. The highest BCUT2D eigenvalue weighted by Crippen LogP contribution is 2.37. The number of fused-ring (bicyclic) bond motifs is 1. The van der Waals surface area contributed by atoms with Gasteiger partial charge in [0, 0.05) is 43.3 Å². The first-order valence-corrected chi connectivity index (χ1v) is 11.3. The van der Waals surface area contributed by atoms with Crippen molar-refractivity contribution in [1.29, 1.82) is 0 Å². The Kier molecular flexibility index (Phi) is 5.66. The van der Waals surface area contributed by atoms with E-state index in [1.165, 1.54) is 6.08 Å². The maximum Gasteiger partial charge on any atom is 0.330 e. The number of benzene rings is 1. The molecule has 2 aliphatic rings. The molecular weight excluding hydrogens is 456 g/mol. The summed E-state index contributed by atoms with van der Waals surface area (Å²) in [5, 5.41) is 10.2. The van der Waals surface area contributed by atoms with Crippen LogP contribution in [0, 0.1) is 0 Å². The normalized spacial score (nSPS) is 15.5. The van der Waals surface area contributed by atoms with E-state index in [2.05, 4.69) is 27.3 Å². The van der Waals surface area contributed by atoms with Crippen LogP contribution in [-0.2, 0) is 18.3 Å². The molecule has 3 heterocycles. The SMILES string of the molecule is C=CC(=O)Nc1cccc(N2C(=O)N(C3CC3)CCc3cnc(Nc4cn(C)nc4Cl)nc32)c1. The molecule has 1 saturated carbocycles. The number of carbonyl (C=O) groups excluding carboxylic acids is 2. The highest BCUT2D eigenvalue weighted by Gasteiger charge is 2.39. The van der Waals surface area contributed by atoms with Crippen molar-refractivity contribution in [2.75, 3.05) is 22.1 Å². The maximum atomic E-state index is 13.7. The van der Waals surface area contributed by atoms with E-state index < -0.39 is 0 Å². The summed E-state index contributed by atoms with van der Waals surface area (Å²) in [6, 6.07) is 7.17. The van der Waals surface area contributed by atoms with Crippen LogP contribution < -0.4 is 15.5 Å². The van der Waals surface area contributed by atoms with Crippen LogP contribution in [0.15, 0.2) is 49.3 Å². The summed E-state index contributed by atoms with van der Waals surface area (Å²) in [5.41, 5.74) is 2.54. The van der Waals surface area contributed by atoms with Crippen molar-refractivity contribution in [3.63, 3.8) is 0 Å². The lowest BCUT2D eigenvalue weighted by molar-refractivity contribution is -0.111. The first-order valence-electron chi connectivity index (χ1n) is 10.9. The fourth-order valence-electron chi connectivity index (χ4n) is 3.92. The molecule has 2 aromatic heterocycles. The summed E-state index contributed by atoms with van der Waals surface area (Å²) in [6.45, 7) is 4.08. The van der Waals surface area contributed by atoms with E-state index in [0.29, 0.717) is 46.9 Å². The lowest BCUT2D eigenvalue weighted by Crippen LogP contribution is -2.41. The Balaban J connectivity index is 1.56. The minimum Gasteiger partial charge on any atom is -0.322 e. The van der Waals surface area contributed by atoms with Crippen molar-refractivity contribution in [1.82, 2.24) is 24.6 Å². The van der Waals surface area contributed by atoms with Gasteiger partial charge in [-0.1, -0.05) is 24.2 Å². The molecular formula is C23H23ClN8O2. The summed E-state index contributed by atoms with van der Waals surface area (Å²) in [6.07, 6.45) is 7.26. The monoisotopic (exact) mass is 478 g/mol. The molecule has 1 aliphatic heterocycles. The number of aryl methyl sites for hydroxylation is 1. The second-order valence-electron chi connectivity index (χ2n) is 8.21. The molecule has 0 saturated heterocycles. The molecule has 0 radical (unpaired) electrons. The van der Waals surface area contributed by atoms with Gasteiger partial charge in [0.05, 0.1) is 11.4 Å². The van der Waals surface area contributed by atoms with Gasteiger partial charge >= 0.3 is 6.03 Å². The van der Waals surface area contributed by atoms with E-state index in [-0.39, 0.29) is 18.0 Å². The molecule has 5 rings (SSSR count). The van der Waals surface area contributed by atoms with Crippen molar-refractivity contribution in [2.45, 2.75) is 25.3 Å². The van der Waals surface area contributed by atoms with Crippen molar-refractivity contribution < 1.29 is 9.59 Å². The topological polar surface area (TPSA) is 108 Å². The van der Waals surface area contributed by atoms with Crippen molar-refractivity contribution in [3.05, 3.63) is 60.0 Å². The molecule has 0 spiro atoms. The van der Waals surface area contributed by atoms with E-state index in [1.54, 1.807) is 47.2 Å². The van der Waals surface area contributed by atoms with E-state index in [9.17, 15) is 9.59 Å². The number of amides is 3. The van der Waals surface area contributed by atoms with Gasteiger partial charge in [0.15, 0.2) is 5.15 Å². The number of nitrogens with zero attached hydrogens (tertiary/aromatic N) is 6. The minimum absolute atomic E-state index is 0.155. The second kappa shape index (κ2) is 8.79. The summed E-state index contributed by atoms with van der Waals surface area (Å²) < 4.78 is 1.58. The molecule has 2 N–H and O–H groups in total. The van der Waals surface area contributed by atoms with E-state index in [4.69, 9.17) is 16.6 Å². The standard InChI is InChI=1S/C23H23ClN8O2/c1-3-19(33)26-15-5-4-6-17(11-15)32-21-14(9-10-31(23(32)34)16-7-8-16)12-25-22(28-21)27-18-13-30(2)29-20(18)24/h3-6,11-13,16H,1,7-10H2,2H3,(H,26,33)(H,25,27,28). The van der Waals surface area contributed by atoms with E-state index in [1.807, 2.05) is 11.0 Å². The Morgan fingerprint density at radius 2 is 2.15 bits per heavy atom. The van der Waals surface area contributed by atoms with Crippen LogP contribution in [0.4, 0.5) is 33.6 Å². The zero-order valence-electron chi connectivity index (χ0n) is 18.5. The number of anilines is 5. The molecule has 3 amide bonds. The van der Waals surface area contributed by atoms with E-state index in [0.717, 1.165) is 18.4 Å². The third kappa shape index (κ3) is 4.32. The Morgan fingerprint density at radius 1 is 1.32 bits per heavy atom. The number of nitrogens with one attached hydrogen (secondary N) is 2. The Labute approximate surface area is 201 Å². The average molecular weight is 479 g/mol. The molecule has 0 bridgehead atoms. The van der Waals surface area contributed by atoms with Gasteiger partial charge in [-0.15, -0.1) is 0 Å². The summed E-state index contributed by atoms with van der Waals surface area (Å²) >= 11 is 6.18. The number of hydrogen-bond acceptors (Lipinski definition) is 6. The zero-order valence-corrected chi connectivity index (χ0v) is 19.3. The van der Waals surface area contributed by atoms with Crippen molar-refractivity contribution in [3.8, 4) is 0 Å². The van der Waals surface area contributed by atoms with Crippen LogP contribution in [0.3, 0.4) is 0 Å². The molecule has 174 valence electrons. The predicted molar refractivity (Wildman–Crippen MR) is 130 cm³/mol. The van der Waals surface area contributed by atoms with Gasteiger partial charge in [-0.3, -0.25) is 9.48 Å². The van der Waals surface area contributed by atoms with Crippen LogP contribution >= 0.6 is 11.6 Å². The third-order valence-corrected chi connectivity index (χ3v) is 5.97. The van der Waals surface area contributed by atoms with Gasteiger partial charge in [-0.25, -0.2) is 14.7 Å². The smallest absolute Gasteiger partial charge is 0.322 e. The number of hydrogen-bond donors (Lipinski definition) is 2. The molecule has 1 fully saturated rings. The molecule has 0 atom stereocenters. The Hall–Kier alpha value is -3.92. The number of urea groups is 1. The van der Waals surface area contributed by atoms with Gasteiger partial charge in [0.25, 0.3) is 0 Å². The van der Waals surface area contributed by atoms with Crippen LogP contribution in [0.2, 0.25) is 5.15 Å². The predicted octanol–water partition coefficient (Wildman–Crippen LogP) is 4.01. The lowest BCUT2D eigenvalue weighted by Gasteiger charge is -2.28.